The van der Waals surface area contributed by atoms with Gasteiger partial charge in [-0.05, 0) is 50.5 Å². The molecule has 1 N–H and O–H groups in total. The van der Waals surface area contributed by atoms with Crippen LogP contribution in [0, 0.1) is 17.3 Å². The SMILES string of the molecule is CCC1(C(=O)O)CCN(C2CCCC(C(C)C)CC2)C1. The molecule has 0 radical (unpaired) electrons. The highest BCUT2D eigenvalue weighted by Gasteiger charge is 2.45. The minimum atomic E-state index is -0.587. The Morgan fingerprint density at radius 2 is 2.05 bits per heavy atom. The number of carboxylic acid groups (broad SMARTS) is 1. The fourth-order valence-corrected chi connectivity index (χ4v) is 4.17. The molecule has 1 saturated heterocycles. The van der Waals surface area contributed by atoms with E-state index < -0.39 is 11.4 Å². The predicted octanol–water partition coefficient (Wildman–Crippen LogP) is 3.78. The van der Waals surface area contributed by atoms with Crippen LogP contribution in [0.1, 0.15) is 65.7 Å². The smallest absolute Gasteiger partial charge is 0.310 e. The van der Waals surface area contributed by atoms with Gasteiger partial charge in [-0.3, -0.25) is 9.69 Å². The number of aliphatic carboxylic acids is 1. The Morgan fingerprint density at radius 1 is 1.30 bits per heavy atom. The summed E-state index contributed by atoms with van der Waals surface area (Å²) >= 11 is 0. The number of nitrogens with zero attached hydrogens (tertiary/aromatic N) is 1. The van der Waals surface area contributed by atoms with Gasteiger partial charge in [0.1, 0.15) is 0 Å². The number of hydrogen-bond donors (Lipinski definition) is 1. The number of carbonyl (C=O) groups is 1. The third-order valence-corrected chi connectivity index (χ3v) is 5.96. The van der Waals surface area contributed by atoms with Crippen LogP contribution < -0.4 is 0 Å². The van der Waals surface area contributed by atoms with Gasteiger partial charge in [-0.1, -0.05) is 33.6 Å². The summed E-state index contributed by atoms with van der Waals surface area (Å²) < 4.78 is 0. The van der Waals surface area contributed by atoms with Crippen LogP contribution in [0.5, 0.6) is 0 Å². The van der Waals surface area contributed by atoms with E-state index in [1.54, 1.807) is 0 Å². The Labute approximate surface area is 123 Å². The van der Waals surface area contributed by atoms with E-state index in [4.69, 9.17) is 0 Å². The van der Waals surface area contributed by atoms with Crippen molar-refractivity contribution in [1.82, 2.24) is 4.90 Å². The second-order valence-electron chi connectivity index (χ2n) is 7.33. The van der Waals surface area contributed by atoms with Gasteiger partial charge in [-0.15, -0.1) is 0 Å². The number of hydrogen-bond acceptors (Lipinski definition) is 2. The van der Waals surface area contributed by atoms with Crippen LogP contribution >= 0.6 is 0 Å². The standard InChI is InChI=1S/C17H31NO2/c1-4-17(16(19)20)10-11-18(12-17)15-7-5-6-14(8-9-15)13(2)3/h13-15H,4-12H2,1-3H3,(H,19,20). The summed E-state index contributed by atoms with van der Waals surface area (Å²) in [5.74, 6) is 1.08. The zero-order valence-electron chi connectivity index (χ0n) is 13.4. The highest BCUT2D eigenvalue weighted by molar-refractivity contribution is 5.75. The average molecular weight is 281 g/mol. The van der Waals surface area contributed by atoms with E-state index in [-0.39, 0.29) is 0 Å². The third-order valence-electron chi connectivity index (χ3n) is 5.96. The first-order valence-electron chi connectivity index (χ1n) is 8.46. The molecule has 3 nitrogen and oxygen atoms in total. The number of rotatable bonds is 4. The van der Waals surface area contributed by atoms with Crippen LogP contribution in [-0.2, 0) is 4.79 Å². The van der Waals surface area contributed by atoms with Crippen LogP contribution in [0.25, 0.3) is 0 Å². The molecule has 3 heteroatoms. The Bertz CT molecular complexity index is 342. The molecule has 2 fully saturated rings. The molecule has 0 amide bonds. The van der Waals surface area contributed by atoms with Gasteiger partial charge < -0.3 is 5.11 Å². The van der Waals surface area contributed by atoms with Crippen LogP contribution in [-0.4, -0.2) is 35.1 Å². The van der Waals surface area contributed by atoms with Gasteiger partial charge >= 0.3 is 5.97 Å². The molecule has 0 aromatic carbocycles. The summed E-state index contributed by atoms with van der Waals surface area (Å²) in [7, 11) is 0. The topological polar surface area (TPSA) is 40.5 Å². The van der Waals surface area contributed by atoms with Crippen LogP contribution in [0.4, 0.5) is 0 Å². The summed E-state index contributed by atoms with van der Waals surface area (Å²) in [4.78, 5) is 14.1. The molecule has 3 atom stereocenters. The molecule has 1 saturated carbocycles. The Hall–Kier alpha value is -0.570. The fourth-order valence-electron chi connectivity index (χ4n) is 4.17. The second kappa shape index (κ2) is 6.46. The van der Waals surface area contributed by atoms with E-state index in [1.165, 1.54) is 32.1 Å². The lowest BCUT2D eigenvalue weighted by atomic mass is 9.84. The molecule has 3 unspecified atom stereocenters. The van der Waals surface area contributed by atoms with E-state index in [0.29, 0.717) is 6.04 Å². The molecule has 116 valence electrons. The quantitative estimate of drug-likeness (QED) is 0.797. The van der Waals surface area contributed by atoms with Crippen molar-refractivity contribution >= 4 is 5.97 Å². The Morgan fingerprint density at radius 3 is 2.60 bits per heavy atom. The van der Waals surface area contributed by atoms with Crippen molar-refractivity contribution in [3.63, 3.8) is 0 Å². The van der Waals surface area contributed by atoms with Gasteiger partial charge in [0.2, 0.25) is 0 Å². The predicted molar refractivity (Wildman–Crippen MR) is 81.8 cm³/mol. The van der Waals surface area contributed by atoms with Crippen molar-refractivity contribution < 1.29 is 9.90 Å². The second-order valence-corrected chi connectivity index (χ2v) is 7.33. The molecule has 1 aliphatic heterocycles. The highest BCUT2D eigenvalue weighted by atomic mass is 16.4. The van der Waals surface area contributed by atoms with Crippen molar-refractivity contribution in [3.8, 4) is 0 Å². The first-order valence-corrected chi connectivity index (χ1v) is 8.46. The van der Waals surface area contributed by atoms with E-state index in [1.807, 2.05) is 6.92 Å². The maximum Gasteiger partial charge on any atom is 0.310 e. The zero-order chi connectivity index (χ0) is 14.8. The van der Waals surface area contributed by atoms with Crippen LogP contribution in [0.15, 0.2) is 0 Å². The van der Waals surface area contributed by atoms with Crippen molar-refractivity contribution in [2.24, 2.45) is 17.3 Å². The maximum absolute atomic E-state index is 11.6. The molecule has 2 rings (SSSR count). The third kappa shape index (κ3) is 3.19. The fraction of sp³-hybridized carbons (Fsp3) is 0.941. The van der Waals surface area contributed by atoms with Gasteiger partial charge in [0.15, 0.2) is 0 Å². The molecule has 1 aliphatic carbocycles. The lowest BCUT2D eigenvalue weighted by Gasteiger charge is -2.29. The minimum absolute atomic E-state index is 0.468. The van der Waals surface area contributed by atoms with Crippen LogP contribution in [0.2, 0.25) is 0 Å². The van der Waals surface area contributed by atoms with Gasteiger partial charge in [-0.25, -0.2) is 0 Å². The molecule has 1 heterocycles. The Kier molecular flexibility index (Phi) is 5.11. The molecular formula is C17H31NO2. The normalized spacial score (nSPS) is 36.2. The van der Waals surface area contributed by atoms with Crippen molar-refractivity contribution in [3.05, 3.63) is 0 Å². The summed E-state index contributed by atoms with van der Waals surface area (Å²) in [5, 5.41) is 9.52. The first kappa shape index (κ1) is 15.8. The molecule has 0 bridgehead atoms. The zero-order valence-corrected chi connectivity index (χ0v) is 13.4. The summed E-state index contributed by atoms with van der Waals surface area (Å²) in [6, 6.07) is 0.631. The van der Waals surface area contributed by atoms with Gasteiger partial charge in [0, 0.05) is 12.6 Å². The van der Waals surface area contributed by atoms with Gasteiger partial charge in [0.25, 0.3) is 0 Å². The van der Waals surface area contributed by atoms with Crippen molar-refractivity contribution in [2.75, 3.05) is 13.1 Å². The van der Waals surface area contributed by atoms with Gasteiger partial charge in [-0.2, -0.15) is 0 Å². The molecular weight excluding hydrogens is 250 g/mol. The summed E-state index contributed by atoms with van der Waals surface area (Å²) in [6.45, 7) is 8.47. The van der Waals surface area contributed by atoms with Gasteiger partial charge in [0.05, 0.1) is 5.41 Å². The number of likely N-dealkylation sites (tertiary alicyclic amines) is 1. The van der Waals surface area contributed by atoms with Crippen molar-refractivity contribution in [1.29, 1.82) is 0 Å². The lowest BCUT2D eigenvalue weighted by molar-refractivity contribution is -0.148. The van der Waals surface area contributed by atoms with E-state index in [9.17, 15) is 9.90 Å². The van der Waals surface area contributed by atoms with Crippen LogP contribution in [0.3, 0.4) is 0 Å². The molecule has 0 aromatic rings. The molecule has 2 aliphatic rings. The average Bonchev–Trinajstić information content (AvgIpc) is 2.70. The Balaban J connectivity index is 1.95. The minimum Gasteiger partial charge on any atom is -0.481 e. The largest absolute Gasteiger partial charge is 0.481 e. The molecule has 20 heavy (non-hydrogen) atoms. The lowest BCUT2D eigenvalue weighted by Crippen LogP contribution is -2.38. The monoisotopic (exact) mass is 281 g/mol. The molecule has 0 aromatic heterocycles. The van der Waals surface area contributed by atoms with Crippen molar-refractivity contribution in [2.45, 2.75) is 71.8 Å². The first-order chi connectivity index (χ1) is 9.48. The van der Waals surface area contributed by atoms with E-state index in [0.717, 1.165) is 37.8 Å². The molecule has 0 spiro atoms. The summed E-state index contributed by atoms with van der Waals surface area (Å²) in [6.07, 6.45) is 8.13. The number of carboxylic acids is 1. The van der Waals surface area contributed by atoms with E-state index >= 15 is 0 Å². The highest BCUT2D eigenvalue weighted by Crippen LogP contribution is 2.38. The summed E-state index contributed by atoms with van der Waals surface area (Å²) in [5.41, 5.74) is -0.468. The van der Waals surface area contributed by atoms with E-state index in [2.05, 4.69) is 18.7 Å². The maximum atomic E-state index is 11.6.